The Morgan fingerprint density at radius 1 is 1.14 bits per heavy atom. The first-order valence-corrected chi connectivity index (χ1v) is 7.73. The highest BCUT2D eigenvalue weighted by Gasteiger charge is 2.31. The highest BCUT2D eigenvalue weighted by atomic mass is 35.5. The van der Waals surface area contributed by atoms with Gasteiger partial charge in [0.25, 0.3) is 0 Å². The van der Waals surface area contributed by atoms with Gasteiger partial charge >= 0.3 is 0 Å². The van der Waals surface area contributed by atoms with Gasteiger partial charge in [-0.15, -0.1) is 0 Å². The molecule has 1 saturated carbocycles. The molecule has 7 heteroatoms. The van der Waals surface area contributed by atoms with E-state index in [2.05, 4.69) is 15.4 Å². The molecular weight excluding hydrogens is 323 g/mol. The summed E-state index contributed by atoms with van der Waals surface area (Å²) in [6.45, 7) is 0. The number of hydrazine groups is 1. The maximum Gasteiger partial charge on any atom is 0.248 e. The largest absolute Gasteiger partial charge is 0.272 e. The molecule has 3 rings (SSSR count). The van der Waals surface area contributed by atoms with E-state index in [1.807, 2.05) is 0 Å². The smallest absolute Gasteiger partial charge is 0.248 e. The first-order valence-electron chi connectivity index (χ1n) is 6.98. The first kappa shape index (κ1) is 15.1. The van der Waals surface area contributed by atoms with Crippen molar-refractivity contribution in [3.05, 3.63) is 46.8 Å². The molecule has 114 valence electrons. The van der Waals surface area contributed by atoms with Gasteiger partial charge in [-0.05, 0) is 37.1 Å². The summed E-state index contributed by atoms with van der Waals surface area (Å²) >= 11 is 11.9. The van der Waals surface area contributed by atoms with Crippen molar-refractivity contribution in [3.8, 4) is 0 Å². The van der Waals surface area contributed by atoms with Crippen LogP contribution in [0, 0.1) is 5.92 Å². The van der Waals surface area contributed by atoms with E-state index in [1.165, 1.54) is 17.4 Å². The van der Waals surface area contributed by atoms with E-state index in [1.54, 1.807) is 24.3 Å². The Labute approximate surface area is 138 Å². The summed E-state index contributed by atoms with van der Waals surface area (Å²) in [4.78, 5) is 20.7. The standard InChI is InChI=1S/C15H14Cl2N4O/c16-11-4-6-12(7-5-11)21(15(22)10-2-1-3-10)20-14-13(17)18-8-9-19-14/h4-10H,1-3H2,(H,19,20). The van der Waals surface area contributed by atoms with Gasteiger partial charge in [0.05, 0.1) is 5.69 Å². The zero-order valence-corrected chi connectivity index (χ0v) is 13.2. The van der Waals surface area contributed by atoms with Gasteiger partial charge in [0.15, 0.2) is 11.0 Å². The lowest BCUT2D eigenvalue weighted by atomic mass is 9.84. The van der Waals surface area contributed by atoms with Crippen LogP contribution in [-0.2, 0) is 4.79 Å². The van der Waals surface area contributed by atoms with Crippen LogP contribution < -0.4 is 10.4 Å². The number of aromatic nitrogens is 2. The number of rotatable bonds is 4. The molecule has 0 saturated heterocycles. The molecule has 1 aromatic heterocycles. The van der Waals surface area contributed by atoms with Crippen LogP contribution in [0.1, 0.15) is 19.3 Å². The van der Waals surface area contributed by atoms with Gasteiger partial charge in [-0.3, -0.25) is 10.2 Å². The predicted octanol–water partition coefficient (Wildman–Crippen LogP) is 3.94. The fourth-order valence-electron chi connectivity index (χ4n) is 2.18. The molecule has 0 bridgehead atoms. The Morgan fingerprint density at radius 3 is 2.41 bits per heavy atom. The summed E-state index contributed by atoms with van der Waals surface area (Å²) < 4.78 is 0. The minimum Gasteiger partial charge on any atom is -0.272 e. The molecule has 0 atom stereocenters. The normalized spacial score (nSPS) is 14.3. The van der Waals surface area contributed by atoms with Gasteiger partial charge in [0.2, 0.25) is 5.91 Å². The molecule has 1 fully saturated rings. The van der Waals surface area contributed by atoms with Crippen molar-refractivity contribution in [3.63, 3.8) is 0 Å². The molecule has 0 aliphatic heterocycles. The molecular formula is C15H14Cl2N4O. The number of carbonyl (C=O) groups excluding carboxylic acids is 1. The van der Waals surface area contributed by atoms with E-state index in [0.717, 1.165) is 19.3 Å². The third-order valence-electron chi connectivity index (χ3n) is 3.63. The topological polar surface area (TPSA) is 58.1 Å². The summed E-state index contributed by atoms with van der Waals surface area (Å²) in [5.41, 5.74) is 3.65. The number of hydrogen-bond donors (Lipinski definition) is 1. The Balaban J connectivity index is 1.90. The molecule has 1 N–H and O–H groups in total. The molecule has 0 unspecified atom stereocenters. The molecule has 0 spiro atoms. The quantitative estimate of drug-likeness (QED) is 0.859. The lowest BCUT2D eigenvalue weighted by molar-refractivity contribution is -0.124. The summed E-state index contributed by atoms with van der Waals surface area (Å²) in [5, 5.41) is 2.29. The van der Waals surface area contributed by atoms with Crippen LogP contribution in [-0.4, -0.2) is 15.9 Å². The molecule has 5 nitrogen and oxygen atoms in total. The molecule has 1 aromatic carbocycles. The number of benzene rings is 1. The Bertz CT molecular complexity index is 673. The maximum absolute atomic E-state index is 12.7. The Hall–Kier alpha value is -1.85. The monoisotopic (exact) mass is 336 g/mol. The average molecular weight is 337 g/mol. The van der Waals surface area contributed by atoms with E-state index in [-0.39, 0.29) is 17.0 Å². The first-order chi connectivity index (χ1) is 10.6. The second-order valence-electron chi connectivity index (χ2n) is 5.09. The average Bonchev–Trinajstić information content (AvgIpc) is 2.46. The molecule has 2 aromatic rings. The van der Waals surface area contributed by atoms with Crippen molar-refractivity contribution < 1.29 is 4.79 Å². The van der Waals surface area contributed by atoms with Crippen molar-refractivity contribution in [2.75, 3.05) is 10.4 Å². The summed E-state index contributed by atoms with van der Waals surface area (Å²) in [5.74, 6) is 0.362. The van der Waals surface area contributed by atoms with E-state index in [0.29, 0.717) is 16.5 Å². The van der Waals surface area contributed by atoms with Crippen LogP contribution in [0.3, 0.4) is 0 Å². The number of halogens is 2. The van der Waals surface area contributed by atoms with Crippen molar-refractivity contribution in [1.82, 2.24) is 9.97 Å². The molecule has 1 aliphatic carbocycles. The second-order valence-corrected chi connectivity index (χ2v) is 5.88. The van der Waals surface area contributed by atoms with Gasteiger partial charge in [-0.2, -0.15) is 0 Å². The number of hydrogen-bond acceptors (Lipinski definition) is 4. The summed E-state index contributed by atoms with van der Waals surface area (Å²) in [6.07, 6.45) is 5.89. The van der Waals surface area contributed by atoms with E-state index >= 15 is 0 Å². The Kier molecular flexibility index (Phi) is 4.45. The van der Waals surface area contributed by atoms with Gasteiger partial charge < -0.3 is 0 Å². The van der Waals surface area contributed by atoms with E-state index in [4.69, 9.17) is 23.2 Å². The second kappa shape index (κ2) is 6.50. The fraction of sp³-hybridized carbons (Fsp3) is 0.267. The van der Waals surface area contributed by atoms with Crippen LogP contribution in [0.15, 0.2) is 36.7 Å². The van der Waals surface area contributed by atoms with Crippen molar-refractivity contribution in [2.45, 2.75) is 19.3 Å². The van der Waals surface area contributed by atoms with Crippen LogP contribution in [0.4, 0.5) is 11.5 Å². The van der Waals surface area contributed by atoms with Crippen LogP contribution in [0.5, 0.6) is 0 Å². The predicted molar refractivity (Wildman–Crippen MR) is 86.9 cm³/mol. The third-order valence-corrected chi connectivity index (χ3v) is 4.16. The maximum atomic E-state index is 12.7. The Morgan fingerprint density at radius 2 is 1.82 bits per heavy atom. The number of amides is 1. The third kappa shape index (κ3) is 3.15. The lowest BCUT2D eigenvalue weighted by Crippen LogP contribution is -2.43. The number of nitrogens with zero attached hydrogens (tertiary/aromatic N) is 3. The molecule has 1 heterocycles. The van der Waals surface area contributed by atoms with Crippen molar-refractivity contribution in [1.29, 1.82) is 0 Å². The zero-order valence-electron chi connectivity index (χ0n) is 11.7. The summed E-state index contributed by atoms with van der Waals surface area (Å²) in [7, 11) is 0. The van der Waals surface area contributed by atoms with Gasteiger partial charge in [-0.25, -0.2) is 15.0 Å². The molecule has 1 aliphatic rings. The SMILES string of the molecule is O=C(C1CCC1)N(Nc1nccnc1Cl)c1ccc(Cl)cc1. The fourth-order valence-corrected chi connectivity index (χ4v) is 2.45. The lowest BCUT2D eigenvalue weighted by Gasteiger charge is -2.32. The molecule has 1 amide bonds. The minimum atomic E-state index is -0.00436. The minimum absolute atomic E-state index is 0.00436. The number of carbonyl (C=O) groups is 1. The van der Waals surface area contributed by atoms with Crippen LogP contribution in [0.25, 0.3) is 0 Å². The summed E-state index contributed by atoms with van der Waals surface area (Å²) in [6, 6.07) is 7.02. The van der Waals surface area contributed by atoms with E-state index in [9.17, 15) is 4.79 Å². The van der Waals surface area contributed by atoms with Gasteiger partial charge in [-0.1, -0.05) is 29.6 Å². The van der Waals surface area contributed by atoms with Crippen LogP contribution >= 0.6 is 23.2 Å². The van der Waals surface area contributed by atoms with E-state index < -0.39 is 0 Å². The number of nitrogens with one attached hydrogen (secondary N) is 1. The van der Waals surface area contributed by atoms with Gasteiger partial charge in [0.1, 0.15) is 0 Å². The molecule has 22 heavy (non-hydrogen) atoms. The molecule has 0 radical (unpaired) electrons. The zero-order chi connectivity index (χ0) is 15.5. The number of anilines is 2. The highest BCUT2D eigenvalue weighted by molar-refractivity contribution is 6.31. The van der Waals surface area contributed by atoms with Crippen molar-refractivity contribution >= 4 is 40.6 Å². The van der Waals surface area contributed by atoms with Crippen molar-refractivity contribution in [2.24, 2.45) is 5.92 Å². The van der Waals surface area contributed by atoms with Crippen LogP contribution in [0.2, 0.25) is 10.2 Å². The highest BCUT2D eigenvalue weighted by Crippen LogP contribution is 2.31. The van der Waals surface area contributed by atoms with Gasteiger partial charge in [0, 0.05) is 23.3 Å².